The molecule has 70 valence electrons. The quantitative estimate of drug-likeness (QED) is 0.674. The molecule has 1 saturated heterocycles. The summed E-state index contributed by atoms with van der Waals surface area (Å²) in [5, 5.41) is 0. The zero-order chi connectivity index (χ0) is 9.19. The molecule has 1 amide bonds. The third-order valence-corrected chi connectivity index (χ3v) is 2.48. The maximum Gasteiger partial charge on any atom is 0.224 e. The topological polar surface area (TPSA) is 46.3 Å². The Kier molecular flexibility index (Phi) is 2.73. The molecule has 0 unspecified atom stereocenters. The highest BCUT2D eigenvalue weighted by Crippen LogP contribution is 2.19. The molecule has 0 saturated carbocycles. The fraction of sp³-hybridized carbons (Fsp3) is 0.889. The first-order chi connectivity index (χ1) is 5.52. The Morgan fingerprint density at radius 1 is 1.42 bits per heavy atom. The number of amides is 1. The van der Waals surface area contributed by atoms with E-state index in [0.29, 0.717) is 0 Å². The van der Waals surface area contributed by atoms with Crippen LogP contribution in [0.25, 0.3) is 0 Å². The van der Waals surface area contributed by atoms with Gasteiger partial charge in [-0.2, -0.15) is 0 Å². The van der Waals surface area contributed by atoms with Gasteiger partial charge >= 0.3 is 0 Å². The number of hydrogen-bond donors (Lipinski definition) is 1. The van der Waals surface area contributed by atoms with E-state index in [1.165, 1.54) is 12.8 Å². The number of carbonyl (C=O) groups is 1. The lowest BCUT2D eigenvalue weighted by molar-refractivity contribution is -0.126. The summed E-state index contributed by atoms with van der Waals surface area (Å²) in [5.41, 5.74) is 4.91. The molecule has 3 heteroatoms. The highest BCUT2D eigenvalue weighted by Gasteiger charge is 2.28. The van der Waals surface area contributed by atoms with Crippen molar-refractivity contribution in [3.8, 4) is 0 Å². The Morgan fingerprint density at radius 3 is 2.33 bits per heavy atom. The highest BCUT2D eigenvalue weighted by atomic mass is 16.1. The van der Waals surface area contributed by atoms with Crippen molar-refractivity contribution in [3.05, 3.63) is 0 Å². The monoisotopic (exact) mass is 170 g/mol. The predicted octanol–water partition coefficient (Wildman–Crippen LogP) is 0.594. The van der Waals surface area contributed by atoms with Crippen molar-refractivity contribution < 1.29 is 4.79 Å². The van der Waals surface area contributed by atoms with E-state index in [2.05, 4.69) is 4.90 Å². The predicted molar refractivity (Wildman–Crippen MR) is 48.6 cm³/mol. The summed E-state index contributed by atoms with van der Waals surface area (Å²) in [6, 6.07) is 0. The molecule has 0 aromatic rings. The second-order valence-electron chi connectivity index (χ2n) is 4.23. The van der Waals surface area contributed by atoms with Gasteiger partial charge in [0.25, 0.3) is 0 Å². The first kappa shape index (κ1) is 9.52. The smallest absolute Gasteiger partial charge is 0.224 e. The minimum Gasteiger partial charge on any atom is -0.369 e. The number of rotatable bonds is 3. The standard InChI is InChI=1S/C9H18N2O/c1-9(2,8(10)12)7-11-5-3-4-6-11/h3-7H2,1-2H3,(H2,10,12). The fourth-order valence-electron chi connectivity index (χ4n) is 1.58. The van der Waals surface area contributed by atoms with Gasteiger partial charge in [0.15, 0.2) is 0 Å². The van der Waals surface area contributed by atoms with E-state index in [4.69, 9.17) is 5.73 Å². The molecule has 0 spiro atoms. The summed E-state index contributed by atoms with van der Waals surface area (Å²) in [6.07, 6.45) is 2.52. The van der Waals surface area contributed by atoms with E-state index in [0.717, 1.165) is 19.6 Å². The SMILES string of the molecule is CC(C)(CN1CCCC1)C(N)=O. The highest BCUT2D eigenvalue weighted by molar-refractivity contribution is 5.80. The number of nitrogens with zero attached hydrogens (tertiary/aromatic N) is 1. The number of likely N-dealkylation sites (tertiary alicyclic amines) is 1. The van der Waals surface area contributed by atoms with Gasteiger partial charge in [-0.15, -0.1) is 0 Å². The molecule has 0 aliphatic carbocycles. The lowest BCUT2D eigenvalue weighted by atomic mass is 9.92. The van der Waals surface area contributed by atoms with Gasteiger partial charge in [-0.25, -0.2) is 0 Å². The summed E-state index contributed by atoms with van der Waals surface area (Å²) < 4.78 is 0. The van der Waals surface area contributed by atoms with Gasteiger partial charge in [-0.05, 0) is 39.8 Å². The molecule has 1 aliphatic rings. The molecule has 1 heterocycles. The van der Waals surface area contributed by atoms with E-state index < -0.39 is 0 Å². The lowest BCUT2D eigenvalue weighted by Crippen LogP contribution is -2.41. The van der Waals surface area contributed by atoms with Crippen LogP contribution in [0.15, 0.2) is 0 Å². The molecule has 2 N–H and O–H groups in total. The number of nitrogens with two attached hydrogens (primary N) is 1. The van der Waals surface area contributed by atoms with Crippen molar-refractivity contribution in [1.82, 2.24) is 4.90 Å². The first-order valence-corrected chi connectivity index (χ1v) is 4.55. The Labute approximate surface area is 73.9 Å². The van der Waals surface area contributed by atoms with Crippen molar-refractivity contribution in [2.75, 3.05) is 19.6 Å². The Bertz CT molecular complexity index is 171. The third-order valence-electron chi connectivity index (χ3n) is 2.48. The molecule has 0 aromatic carbocycles. The second-order valence-corrected chi connectivity index (χ2v) is 4.23. The van der Waals surface area contributed by atoms with Gasteiger partial charge in [0.1, 0.15) is 0 Å². The summed E-state index contributed by atoms with van der Waals surface area (Å²) in [5.74, 6) is -0.200. The van der Waals surface area contributed by atoms with Crippen LogP contribution in [0, 0.1) is 5.41 Å². The molecule has 1 aliphatic heterocycles. The summed E-state index contributed by atoms with van der Waals surface area (Å²) in [7, 11) is 0. The maximum absolute atomic E-state index is 11.0. The lowest BCUT2D eigenvalue weighted by Gasteiger charge is -2.26. The van der Waals surface area contributed by atoms with E-state index in [9.17, 15) is 4.79 Å². The zero-order valence-corrected chi connectivity index (χ0v) is 7.97. The molecule has 12 heavy (non-hydrogen) atoms. The zero-order valence-electron chi connectivity index (χ0n) is 7.97. The van der Waals surface area contributed by atoms with E-state index in [1.54, 1.807) is 0 Å². The molecule has 1 rings (SSSR count). The van der Waals surface area contributed by atoms with Crippen molar-refractivity contribution in [1.29, 1.82) is 0 Å². The minimum absolute atomic E-state index is 0.200. The summed E-state index contributed by atoms with van der Waals surface area (Å²) in [6.45, 7) is 6.87. The average Bonchev–Trinajstić information content (AvgIpc) is 2.38. The Balaban J connectivity index is 2.42. The molecule has 0 bridgehead atoms. The van der Waals surface area contributed by atoms with Gasteiger partial charge in [-0.1, -0.05) is 0 Å². The molecule has 0 radical (unpaired) electrons. The molecular formula is C9H18N2O. The molecule has 0 aromatic heterocycles. The molecule has 3 nitrogen and oxygen atoms in total. The van der Waals surface area contributed by atoms with Crippen LogP contribution >= 0.6 is 0 Å². The van der Waals surface area contributed by atoms with Crippen molar-refractivity contribution in [2.24, 2.45) is 11.1 Å². The summed E-state index contributed by atoms with van der Waals surface area (Å²) in [4.78, 5) is 13.3. The fourth-order valence-corrected chi connectivity index (χ4v) is 1.58. The van der Waals surface area contributed by atoms with Gasteiger partial charge in [-0.3, -0.25) is 4.79 Å². The van der Waals surface area contributed by atoms with Crippen LogP contribution in [0.5, 0.6) is 0 Å². The van der Waals surface area contributed by atoms with Gasteiger partial charge < -0.3 is 10.6 Å². The van der Waals surface area contributed by atoms with Crippen LogP contribution in [0.4, 0.5) is 0 Å². The molecule has 1 fully saturated rings. The largest absolute Gasteiger partial charge is 0.369 e. The number of primary amides is 1. The Hall–Kier alpha value is -0.570. The van der Waals surface area contributed by atoms with E-state index in [1.807, 2.05) is 13.8 Å². The van der Waals surface area contributed by atoms with Crippen molar-refractivity contribution in [2.45, 2.75) is 26.7 Å². The van der Waals surface area contributed by atoms with Crippen LogP contribution in [-0.2, 0) is 4.79 Å². The van der Waals surface area contributed by atoms with E-state index >= 15 is 0 Å². The average molecular weight is 170 g/mol. The van der Waals surface area contributed by atoms with Crippen LogP contribution in [-0.4, -0.2) is 30.4 Å². The number of hydrogen-bond acceptors (Lipinski definition) is 2. The molecule has 0 atom stereocenters. The van der Waals surface area contributed by atoms with Crippen LogP contribution in [0.3, 0.4) is 0 Å². The van der Waals surface area contributed by atoms with Crippen LogP contribution in [0.2, 0.25) is 0 Å². The van der Waals surface area contributed by atoms with E-state index in [-0.39, 0.29) is 11.3 Å². The first-order valence-electron chi connectivity index (χ1n) is 4.55. The Morgan fingerprint density at radius 2 is 1.92 bits per heavy atom. The normalized spacial score (nSPS) is 19.8. The minimum atomic E-state index is -0.371. The van der Waals surface area contributed by atoms with Crippen LogP contribution < -0.4 is 5.73 Å². The van der Waals surface area contributed by atoms with Crippen LogP contribution in [0.1, 0.15) is 26.7 Å². The second kappa shape index (κ2) is 3.44. The van der Waals surface area contributed by atoms with Gasteiger partial charge in [0, 0.05) is 6.54 Å². The van der Waals surface area contributed by atoms with Gasteiger partial charge in [0.2, 0.25) is 5.91 Å². The third kappa shape index (κ3) is 2.21. The van der Waals surface area contributed by atoms with Gasteiger partial charge in [0.05, 0.1) is 5.41 Å². The maximum atomic E-state index is 11.0. The van der Waals surface area contributed by atoms with Crippen molar-refractivity contribution >= 4 is 5.91 Å². The molecular weight excluding hydrogens is 152 g/mol. The van der Waals surface area contributed by atoms with Crippen molar-refractivity contribution in [3.63, 3.8) is 0 Å². The summed E-state index contributed by atoms with van der Waals surface area (Å²) >= 11 is 0. The number of carbonyl (C=O) groups excluding carboxylic acids is 1.